The topological polar surface area (TPSA) is 68.2 Å². The van der Waals surface area contributed by atoms with Gasteiger partial charge < -0.3 is 15.2 Å². The van der Waals surface area contributed by atoms with Gasteiger partial charge in [-0.1, -0.05) is 5.16 Å². The van der Waals surface area contributed by atoms with E-state index in [1.54, 1.807) is 12.1 Å². The first kappa shape index (κ1) is 14.1. The molecule has 2 N–H and O–H groups in total. The lowest BCUT2D eigenvalue weighted by Crippen LogP contribution is -2.26. The van der Waals surface area contributed by atoms with Gasteiger partial charge in [-0.25, -0.2) is 4.39 Å². The average molecular weight is 329 g/mol. The summed E-state index contributed by atoms with van der Waals surface area (Å²) in [7, 11) is 3.83. The predicted octanol–water partition coefficient (Wildman–Crippen LogP) is 2.20. The molecule has 0 spiro atoms. The van der Waals surface area contributed by atoms with Crippen molar-refractivity contribution in [3.05, 3.63) is 34.3 Å². The van der Waals surface area contributed by atoms with Gasteiger partial charge in [-0.3, -0.25) is 0 Å². The van der Waals surface area contributed by atoms with Crippen molar-refractivity contribution in [1.29, 1.82) is 0 Å². The van der Waals surface area contributed by atoms with Crippen LogP contribution in [0.1, 0.15) is 11.9 Å². The molecule has 7 heteroatoms. The SMILES string of the molecule is CN(C)CC(N)c1noc(-c2ccc(F)c(Br)c2)n1. The molecule has 0 aliphatic carbocycles. The van der Waals surface area contributed by atoms with Crippen LogP contribution in [-0.2, 0) is 0 Å². The van der Waals surface area contributed by atoms with Crippen LogP contribution >= 0.6 is 15.9 Å². The molecular weight excluding hydrogens is 315 g/mol. The van der Waals surface area contributed by atoms with Crippen LogP contribution in [0.25, 0.3) is 11.5 Å². The maximum Gasteiger partial charge on any atom is 0.258 e. The Balaban J connectivity index is 2.22. The minimum absolute atomic E-state index is 0.323. The van der Waals surface area contributed by atoms with Crippen LogP contribution in [0.15, 0.2) is 27.2 Å². The summed E-state index contributed by atoms with van der Waals surface area (Å²) in [5.41, 5.74) is 6.59. The molecule has 0 amide bonds. The molecule has 1 heterocycles. The number of nitrogens with zero attached hydrogens (tertiary/aromatic N) is 3. The molecule has 19 heavy (non-hydrogen) atoms. The molecule has 0 saturated heterocycles. The molecule has 1 aromatic heterocycles. The molecule has 2 aromatic rings. The minimum atomic E-state index is -0.340. The van der Waals surface area contributed by atoms with Gasteiger partial charge in [0.1, 0.15) is 5.82 Å². The Labute approximate surface area is 118 Å². The van der Waals surface area contributed by atoms with E-state index >= 15 is 0 Å². The molecule has 2 rings (SSSR count). The second-order valence-electron chi connectivity index (χ2n) is 4.46. The molecule has 0 saturated carbocycles. The van der Waals surface area contributed by atoms with E-state index in [-0.39, 0.29) is 11.9 Å². The Morgan fingerprint density at radius 3 is 2.84 bits per heavy atom. The van der Waals surface area contributed by atoms with Gasteiger partial charge in [-0.05, 0) is 48.2 Å². The van der Waals surface area contributed by atoms with Gasteiger partial charge >= 0.3 is 0 Å². The highest BCUT2D eigenvalue weighted by Gasteiger charge is 2.16. The van der Waals surface area contributed by atoms with Crippen molar-refractivity contribution in [2.24, 2.45) is 5.73 Å². The largest absolute Gasteiger partial charge is 0.334 e. The third-order valence-corrected chi connectivity index (χ3v) is 3.11. The average Bonchev–Trinajstić information content (AvgIpc) is 2.81. The van der Waals surface area contributed by atoms with E-state index in [0.29, 0.717) is 28.3 Å². The molecule has 1 unspecified atom stereocenters. The van der Waals surface area contributed by atoms with E-state index in [2.05, 4.69) is 26.1 Å². The second kappa shape index (κ2) is 5.77. The number of hydrogen-bond acceptors (Lipinski definition) is 5. The van der Waals surface area contributed by atoms with E-state index in [1.165, 1.54) is 6.07 Å². The smallest absolute Gasteiger partial charge is 0.258 e. The fourth-order valence-electron chi connectivity index (χ4n) is 1.61. The molecule has 1 aromatic carbocycles. The highest BCUT2D eigenvalue weighted by atomic mass is 79.9. The normalized spacial score (nSPS) is 12.9. The van der Waals surface area contributed by atoms with E-state index in [1.807, 2.05) is 19.0 Å². The van der Waals surface area contributed by atoms with Crippen molar-refractivity contribution in [2.75, 3.05) is 20.6 Å². The van der Waals surface area contributed by atoms with Gasteiger partial charge in [-0.2, -0.15) is 4.98 Å². The first-order valence-electron chi connectivity index (χ1n) is 5.66. The van der Waals surface area contributed by atoms with Gasteiger partial charge in [0, 0.05) is 12.1 Å². The Morgan fingerprint density at radius 2 is 2.21 bits per heavy atom. The summed E-state index contributed by atoms with van der Waals surface area (Å²) in [6.45, 7) is 0.617. The van der Waals surface area contributed by atoms with Crippen molar-refractivity contribution >= 4 is 15.9 Å². The van der Waals surface area contributed by atoms with Crippen molar-refractivity contribution in [2.45, 2.75) is 6.04 Å². The third-order valence-electron chi connectivity index (χ3n) is 2.50. The lowest BCUT2D eigenvalue weighted by Gasteiger charge is -2.12. The van der Waals surface area contributed by atoms with Gasteiger partial charge in [0.05, 0.1) is 10.5 Å². The van der Waals surface area contributed by atoms with Crippen molar-refractivity contribution in [3.63, 3.8) is 0 Å². The van der Waals surface area contributed by atoms with E-state index in [4.69, 9.17) is 10.3 Å². The summed E-state index contributed by atoms with van der Waals surface area (Å²) in [6, 6.07) is 4.18. The predicted molar refractivity (Wildman–Crippen MR) is 72.9 cm³/mol. The summed E-state index contributed by atoms with van der Waals surface area (Å²) in [5.74, 6) is 0.418. The number of halogens is 2. The summed E-state index contributed by atoms with van der Waals surface area (Å²) in [4.78, 5) is 6.17. The fraction of sp³-hybridized carbons (Fsp3) is 0.333. The molecular formula is C12H14BrFN4O. The fourth-order valence-corrected chi connectivity index (χ4v) is 1.99. The van der Waals surface area contributed by atoms with Crippen LogP contribution in [0.4, 0.5) is 4.39 Å². The standard InChI is InChI=1S/C12H14BrFN4O/c1-18(2)6-10(15)11-16-12(19-17-11)7-3-4-9(14)8(13)5-7/h3-5,10H,6,15H2,1-2H3. The van der Waals surface area contributed by atoms with Gasteiger partial charge in [0.2, 0.25) is 0 Å². The quantitative estimate of drug-likeness (QED) is 0.931. The number of aromatic nitrogens is 2. The lowest BCUT2D eigenvalue weighted by atomic mass is 10.2. The molecule has 1 atom stereocenters. The summed E-state index contributed by atoms with van der Waals surface area (Å²) in [6.07, 6.45) is 0. The van der Waals surface area contributed by atoms with E-state index in [9.17, 15) is 4.39 Å². The van der Waals surface area contributed by atoms with Gasteiger partial charge in [0.15, 0.2) is 5.82 Å². The highest BCUT2D eigenvalue weighted by molar-refractivity contribution is 9.10. The van der Waals surface area contributed by atoms with Crippen LogP contribution in [0.5, 0.6) is 0 Å². The molecule has 0 bridgehead atoms. The van der Waals surface area contributed by atoms with Crippen LogP contribution in [0, 0.1) is 5.82 Å². The molecule has 5 nitrogen and oxygen atoms in total. The van der Waals surface area contributed by atoms with Gasteiger partial charge in [-0.15, -0.1) is 0 Å². The summed E-state index contributed by atoms with van der Waals surface area (Å²) < 4.78 is 18.6. The Hall–Kier alpha value is -1.31. The third kappa shape index (κ3) is 3.37. The lowest BCUT2D eigenvalue weighted by molar-refractivity contribution is 0.357. The number of rotatable bonds is 4. The maximum absolute atomic E-state index is 13.2. The number of hydrogen-bond donors (Lipinski definition) is 1. The molecule has 0 fully saturated rings. The molecule has 0 radical (unpaired) electrons. The highest BCUT2D eigenvalue weighted by Crippen LogP contribution is 2.24. The first-order chi connectivity index (χ1) is 8.97. The summed E-state index contributed by atoms with van der Waals surface area (Å²) in [5, 5.41) is 3.85. The van der Waals surface area contributed by atoms with Crippen molar-refractivity contribution in [3.8, 4) is 11.5 Å². The maximum atomic E-state index is 13.2. The first-order valence-corrected chi connectivity index (χ1v) is 6.46. The molecule has 0 aliphatic rings. The zero-order valence-corrected chi connectivity index (χ0v) is 12.2. The van der Waals surface area contributed by atoms with Crippen molar-refractivity contribution < 1.29 is 8.91 Å². The van der Waals surface area contributed by atoms with Crippen molar-refractivity contribution in [1.82, 2.24) is 15.0 Å². The monoisotopic (exact) mass is 328 g/mol. The number of likely N-dealkylation sites (N-methyl/N-ethyl adjacent to an activating group) is 1. The zero-order chi connectivity index (χ0) is 14.0. The number of benzene rings is 1. The molecule has 0 aliphatic heterocycles. The molecule has 102 valence electrons. The van der Waals surface area contributed by atoms with Crippen LogP contribution in [0.2, 0.25) is 0 Å². The zero-order valence-electron chi connectivity index (χ0n) is 10.6. The van der Waals surface area contributed by atoms with E-state index in [0.717, 1.165) is 0 Å². The van der Waals surface area contributed by atoms with Crippen LogP contribution in [0.3, 0.4) is 0 Å². The van der Waals surface area contributed by atoms with Crippen LogP contribution < -0.4 is 5.73 Å². The summed E-state index contributed by atoms with van der Waals surface area (Å²) >= 11 is 3.12. The second-order valence-corrected chi connectivity index (χ2v) is 5.31. The Morgan fingerprint density at radius 1 is 1.47 bits per heavy atom. The minimum Gasteiger partial charge on any atom is -0.334 e. The Kier molecular flexibility index (Phi) is 4.28. The van der Waals surface area contributed by atoms with Gasteiger partial charge in [0.25, 0.3) is 5.89 Å². The number of nitrogens with two attached hydrogens (primary N) is 1. The Bertz CT molecular complexity index is 573. The van der Waals surface area contributed by atoms with E-state index < -0.39 is 0 Å². The van der Waals surface area contributed by atoms with Crippen LogP contribution in [-0.4, -0.2) is 35.7 Å².